The molecule has 9 nitrogen and oxygen atoms in total. The molecule has 0 aliphatic carbocycles. The quantitative estimate of drug-likeness (QED) is 0.432. The Morgan fingerprint density at radius 3 is 2.34 bits per heavy atom. The van der Waals surface area contributed by atoms with Gasteiger partial charge in [-0.15, -0.1) is 0 Å². The minimum Gasteiger partial charge on any atom is -0.494 e. The summed E-state index contributed by atoms with van der Waals surface area (Å²) in [5, 5.41) is 3.71. The van der Waals surface area contributed by atoms with Crippen LogP contribution < -0.4 is 4.74 Å². The fourth-order valence-electron chi connectivity index (χ4n) is 3.74. The van der Waals surface area contributed by atoms with Gasteiger partial charge in [-0.05, 0) is 64.8 Å². The van der Waals surface area contributed by atoms with Crippen LogP contribution in [0.1, 0.15) is 48.5 Å². The molecule has 0 radical (unpaired) electrons. The second-order valence-electron chi connectivity index (χ2n) is 7.73. The standard InChI is InChI=1S/C22H28N2O7S/c1-5-29-19-8-6-17(7-9-19)20(25)15(3)30-22(26)18-10-12-24(13-11-18)32(27,28)21-14(2)23-31-16(21)4/h6-9,15,18H,5,10-13H2,1-4H3/t15-/m1/s1. The number of rotatable bonds is 8. The maximum Gasteiger partial charge on any atom is 0.309 e. The van der Waals surface area contributed by atoms with E-state index in [1.807, 2.05) is 6.92 Å². The zero-order valence-corrected chi connectivity index (χ0v) is 19.5. The second kappa shape index (κ2) is 9.83. The van der Waals surface area contributed by atoms with E-state index in [0.717, 1.165) is 0 Å². The van der Waals surface area contributed by atoms with E-state index in [-0.39, 0.29) is 29.5 Å². The summed E-state index contributed by atoms with van der Waals surface area (Å²) in [5.41, 5.74) is 0.736. The molecular formula is C22H28N2O7S. The average molecular weight is 465 g/mol. The maximum atomic E-state index is 12.9. The Labute approximate surface area is 187 Å². The summed E-state index contributed by atoms with van der Waals surface area (Å²) in [6, 6.07) is 6.66. The molecule has 1 fully saturated rings. The Kier molecular flexibility index (Phi) is 7.35. The number of carbonyl (C=O) groups excluding carboxylic acids is 2. The van der Waals surface area contributed by atoms with E-state index in [2.05, 4.69) is 5.16 Å². The fraction of sp³-hybridized carbons (Fsp3) is 0.500. The van der Waals surface area contributed by atoms with Crippen LogP contribution in [-0.2, 0) is 19.6 Å². The number of piperidine rings is 1. The molecule has 10 heteroatoms. The van der Waals surface area contributed by atoms with Crippen LogP contribution in [0.15, 0.2) is 33.7 Å². The molecule has 2 aromatic rings. The summed E-state index contributed by atoms with van der Waals surface area (Å²) in [6.45, 7) is 7.42. The molecule has 0 bridgehead atoms. The van der Waals surface area contributed by atoms with Gasteiger partial charge in [-0.25, -0.2) is 8.42 Å². The molecule has 0 saturated carbocycles. The predicted molar refractivity (Wildman–Crippen MR) is 115 cm³/mol. The number of aromatic nitrogens is 1. The van der Waals surface area contributed by atoms with Crippen LogP contribution in [0.5, 0.6) is 5.75 Å². The van der Waals surface area contributed by atoms with Crippen molar-refractivity contribution in [1.82, 2.24) is 9.46 Å². The molecular weight excluding hydrogens is 436 g/mol. The average Bonchev–Trinajstić information content (AvgIpc) is 3.12. The number of sulfonamides is 1. The van der Waals surface area contributed by atoms with E-state index in [0.29, 0.717) is 36.5 Å². The summed E-state index contributed by atoms with van der Waals surface area (Å²) in [4.78, 5) is 25.3. The zero-order valence-electron chi connectivity index (χ0n) is 18.7. The van der Waals surface area contributed by atoms with Gasteiger partial charge in [0, 0.05) is 18.7 Å². The lowest BCUT2D eigenvalue weighted by atomic mass is 9.98. The van der Waals surface area contributed by atoms with Crippen molar-refractivity contribution in [2.24, 2.45) is 5.92 Å². The van der Waals surface area contributed by atoms with Crippen molar-refractivity contribution < 1.29 is 32.0 Å². The van der Waals surface area contributed by atoms with E-state index in [4.69, 9.17) is 14.0 Å². The Hall–Kier alpha value is -2.72. The number of ketones is 1. The van der Waals surface area contributed by atoms with E-state index in [1.54, 1.807) is 38.1 Å². The molecule has 1 atom stereocenters. The highest BCUT2D eigenvalue weighted by atomic mass is 32.2. The molecule has 2 heterocycles. The molecule has 1 aromatic heterocycles. The van der Waals surface area contributed by atoms with Gasteiger partial charge in [-0.1, -0.05) is 5.16 Å². The van der Waals surface area contributed by atoms with Crippen LogP contribution in [0.25, 0.3) is 0 Å². The first-order valence-electron chi connectivity index (χ1n) is 10.6. The van der Waals surface area contributed by atoms with Gasteiger partial charge in [0.25, 0.3) is 0 Å². The highest BCUT2D eigenvalue weighted by Gasteiger charge is 2.36. The van der Waals surface area contributed by atoms with E-state index >= 15 is 0 Å². The first-order valence-corrected chi connectivity index (χ1v) is 12.0. The summed E-state index contributed by atoms with van der Waals surface area (Å²) in [6.07, 6.45) is -0.318. The third-order valence-electron chi connectivity index (χ3n) is 5.46. The van der Waals surface area contributed by atoms with Crippen LogP contribution in [0, 0.1) is 19.8 Å². The lowest BCUT2D eigenvalue weighted by molar-refractivity contribution is -0.152. The molecule has 0 N–H and O–H groups in total. The maximum absolute atomic E-state index is 12.9. The predicted octanol–water partition coefficient (Wildman–Crippen LogP) is 2.91. The lowest BCUT2D eigenvalue weighted by Gasteiger charge is -2.30. The number of hydrogen-bond donors (Lipinski definition) is 0. The molecule has 174 valence electrons. The topological polar surface area (TPSA) is 116 Å². The zero-order chi connectivity index (χ0) is 23.5. The van der Waals surface area contributed by atoms with Gasteiger partial charge >= 0.3 is 5.97 Å². The number of hydrogen-bond acceptors (Lipinski definition) is 8. The van der Waals surface area contributed by atoms with Crippen molar-refractivity contribution in [2.75, 3.05) is 19.7 Å². The van der Waals surface area contributed by atoms with Gasteiger partial charge in [0.2, 0.25) is 15.8 Å². The number of Topliss-reactive ketones (excluding diaryl/α,β-unsaturated/α-hetero) is 1. The van der Waals surface area contributed by atoms with Gasteiger partial charge in [-0.3, -0.25) is 9.59 Å². The Bertz CT molecular complexity index is 1050. The van der Waals surface area contributed by atoms with Crippen molar-refractivity contribution >= 4 is 21.8 Å². The van der Waals surface area contributed by atoms with Gasteiger partial charge in [-0.2, -0.15) is 4.31 Å². The number of aryl methyl sites for hydroxylation is 2. The molecule has 1 aliphatic rings. The van der Waals surface area contributed by atoms with Crippen molar-refractivity contribution in [1.29, 1.82) is 0 Å². The van der Waals surface area contributed by atoms with E-state index in [1.165, 1.54) is 11.2 Å². The minimum absolute atomic E-state index is 0.0769. The molecule has 0 amide bonds. The number of ether oxygens (including phenoxy) is 2. The monoisotopic (exact) mass is 464 g/mol. The first kappa shape index (κ1) is 23.9. The van der Waals surface area contributed by atoms with Crippen LogP contribution in [0.3, 0.4) is 0 Å². The SMILES string of the molecule is CCOc1ccc(C(=O)[C@@H](C)OC(=O)C2CCN(S(=O)(=O)c3c(C)noc3C)CC2)cc1. The van der Waals surface area contributed by atoms with Gasteiger partial charge in [0.05, 0.1) is 12.5 Å². The third-order valence-corrected chi connectivity index (χ3v) is 7.61. The second-order valence-corrected chi connectivity index (χ2v) is 9.61. The van der Waals surface area contributed by atoms with Crippen molar-refractivity contribution in [3.63, 3.8) is 0 Å². The summed E-state index contributed by atoms with van der Waals surface area (Å²) >= 11 is 0. The number of esters is 1. The number of carbonyl (C=O) groups is 2. The third kappa shape index (κ3) is 5.02. The molecule has 3 rings (SSSR count). The normalized spacial score (nSPS) is 16.5. The molecule has 1 aromatic carbocycles. The van der Waals surface area contributed by atoms with Gasteiger partial charge in [0.15, 0.2) is 11.9 Å². The van der Waals surface area contributed by atoms with Crippen molar-refractivity contribution in [3.05, 3.63) is 41.3 Å². The molecule has 0 unspecified atom stereocenters. The Balaban J connectivity index is 1.56. The molecule has 32 heavy (non-hydrogen) atoms. The van der Waals surface area contributed by atoms with Crippen molar-refractivity contribution in [3.8, 4) is 5.75 Å². The summed E-state index contributed by atoms with van der Waals surface area (Å²) < 4.78 is 42.9. The summed E-state index contributed by atoms with van der Waals surface area (Å²) in [7, 11) is -3.75. The minimum atomic E-state index is -3.75. The summed E-state index contributed by atoms with van der Waals surface area (Å²) in [5.74, 6) is -0.370. The van der Waals surface area contributed by atoms with Crippen LogP contribution >= 0.6 is 0 Å². The Morgan fingerprint density at radius 1 is 1.19 bits per heavy atom. The van der Waals surface area contributed by atoms with Gasteiger partial charge < -0.3 is 14.0 Å². The largest absolute Gasteiger partial charge is 0.494 e. The number of nitrogens with zero attached hydrogens (tertiary/aromatic N) is 2. The highest BCUT2D eigenvalue weighted by molar-refractivity contribution is 7.89. The fourth-order valence-corrected chi connectivity index (χ4v) is 5.51. The van der Waals surface area contributed by atoms with E-state index < -0.39 is 28.0 Å². The van der Waals surface area contributed by atoms with Crippen LogP contribution in [0.2, 0.25) is 0 Å². The lowest BCUT2D eigenvalue weighted by Crippen LogP contribution is -2.41. The smallest absolute Gasteiger partial charge is 0.309 e. The Morgan fingerprint density at radius 2 is 1.81 bits per heavy atom. The van der Waals surface area contributed by atoms with Crippen LogP contribution in [0.4, 0.5) is 0 Å². The van der Waals surface area contributed by atoms with Gasteiger partial charge in [0.1, 0.15) is 16.3 Å². The van der Waals surface area contributed by atoms with E-state index in [9.17, 15) is 18.0 Å². The molecule has 1 saturated heterocycles. The van der Waals surface area contributed by atoms with Crippen LogP contribution in [-0.4, -0.2) is 55.4 Å². The molecule has 0 spiro atoms. The highest BCUT2D eigenvalue weighted by Crippen LogP contribution is 2.28. The number of benzene rings is 1. The molecule has 1 aliphatic heterocycles. The first-order chi connectivity index (χ1) is 15.1. The van der Waals surface area contributed by atoms with Crippen molar-refractivity contribution in [2.45, 2.75) is 51.5 Å².